The van der Waals surface area contributed by atoms with Crippen LogP contribution in [0.15, 0.2) is 30.3 Å². The van der Waals surface area contributed by atoms with Crippen molar-refractivity contribution < 1.29 is 19.1 Å². The van der Waals surface area contributed by atoms with Gasteiger partial charge in [-0.1, -0.05) is 44.2 Å². The molecule has 0 bridgehead atoms. The fourth-order valence-electron chi connectivity index (χ4n) is 2.35. The van der Waals surface area contributed by atoms with Crippen molar-refractivity contribution in [2.45, 2.75) is 26.8 Å². The lowest BCUT2D eigenvalue weighted by Crippen LogP contribution is -2.45. The Morgan fingerprint density at radius 3 is 2.38 bits per heavy atom. The number of ketones is 1. The van der Waals surface area contributed by atoms with Crippen LogP contribution >= 0.6 is 0 Å². The van der Waals surface area contributed by atoms with Gasteiger partial charge in [-0.25, -0.2) is 9.69 Å². The molecular weight excluding hydrogens is 270 g/mol. The molecule has 1 heterocycles. The predicted molar refractivity (Wildman–Crippen MR) is 76.8 cm³/mol. The van der Waals surface area contributed by atoms with Crippen LogP contribution in [0.3, 0.4) is 0 Å². The smallest absolute Gasteiger partial charge is 0.417 e. The van der Waals surface area contributed by atoms with Crippen molar-refractivity contribution in [1.29, 1.82) is 0 Å². The summed E-state index contributed by atoms with van der Waals surface area (Å²) in [6, 6.07) is 8.30. The SMILES string of the molecule is CC(C)[C@H]1COC(=O)N1C(=O)[C@H](C)C(=O)c1ccccc1. The Balaban J connectivity index is 2.19. The Labute approximate surface area is 123 Å². The molecule has 0 aromatic heterocycles. The van der Waals surface area contributed by atoms with Crippen molar-refractivity contribution >= 4 is 17.8 Å². The second-order valence-electron chi connectivity index (χ2n) is 5.55. The number of carbonyl (C=O) groups is 3. The van der Waals surface area contributed by atoms with E-state index >= 15 is 0 Å². The molecule has 1 fully saturated rings. The molecule has 2 atom stereocenters. The van der Waals surface area contributed by atoms with Crippen LogP contribution in [-0.4, -0.2) is 35.3 Å². The number of hydrogen-bond donors (Lipinski definition) is 0. The second kappa shape index (κ2) is 6.08. The van der Waals surface area contributed by atoms with Gasteiger partial charge in [0.2, 0.25) is 5.91 Å². The molecule has 0 unspecified atom stereocenters. The zero-order valence-electron chi connectivity index (χ0n) is 12.4. The van der Waals surface area contributed by atoms with Crippen molar-refractivity contribution in [3.63, 3.8) is 0 Å². The van der Waals surface area contributed by atoms with Crippen LogP contribution in [0.5, 0.6) is 0 Å². The number of nitrogens with zero attached hydrogens (tertiary/aromatic N) is 1. The summed E-state index contributed by atoms with van der Waals surface area (Å²) >= 11 is 0. The monoisotopic (exact) mass is 289 g/mol. The molecule has 2 amide bonds. The number of rotatable bonds is 4. The normalized spacial score (nSPS) is 19.5. The maximum absolute atomic E-state index is 12.5. The van der Waals surface area contributed by atoms with Gasteiger partial charge in [0.05, 0.1) is 12.0 Å². The van der Waals surface area contributed by atoms with Gasteiger partial charge in [-0.05, 0) is 12.8 Å². The van der Waals surface area contributed by atoms with E-state index in [0.717, 1.165) is 4.90 Å². The van der Waals surface area contributed by atoms with Crippen LogP contribution < -0.4 is 0 Å². The maximum Gasteiger partial charge on any atom is 0.417 e. The van der Waals surface area contributed by atoms with E-state index in [9.17, 15) is 14.4 Å². The summed E-state index contributed by atoms with van der Waals surface area (Å²) in [7, 11) is 0. The first-order chi connectivity index (χ1) is 9.93. The summed E-state index contributed by atoms with van der Waals surface area (Å²) < 4.78 is 4.95. The fraction of sp³-hybridized carbons (Fsp3) is 0.438. The number of benzene rings is 1. The van der Waals surface area contributed by atoms with Gasteiger partial charge >= 0.3 is 6.09 Å². The van der Waals surface area contributed by atoms with E-state index in [-0.39, 0.29) is 24.3 Å². The first-order valence-electron chi connectivity index (χ1n) is 7.02. The van der Waals surface area contributed by atoms with Crippen molar-refractivity contribution in [2.24, 2.45) is 11.8 Å². The molecule has 1 aliphatic heterocycles. The second-order valence-corrected chi connectivity index (χ2v) is 5.55. The van der Waals surface area contributed by atoms with Gasteiger partial charge in [0.15, 0.2) is 5.78 Å². The molecule has 1 aromatic carbocycles. The number of carbonyl (C=O) groups excluding carboxylic acids is 3. The highest BCUT2D eigenvalue weighted by molar-refractivity contribution is 6.12. The van der Waals surface area contributed by atoms with E-state index < -0.39 is 17.9 Å². The van der Waals surface area contributed by atoms with Crippen molar-refractivity contribution in [2.75, 3.05) is 6.61 Å². The largest absolute Gasteiger partial charge is 0.447 e. The summed E-state index contributed by atoms with van der Waals surface area (Å²) in [4.78, 5) is 37.7. The minimum Gasteiger partial charge on any atom is -0.447 e. The number of ether oxygens (including phenoxy) is 1. The Morgan fingerprint density at radius 1 is 1.19 bits per heavy atom. The standard InChI is InChI=1S/C16H19NO4/c1-10(2)13-9-21-16(20)17(13)15(19)11(3)14(18)12-7-5-4-6-8-12/h4-8,10-11,13H,9H2,1-3H3/t11-,13-/m1/s1. The number of imide groups is 1. The molecule has 1 aliphatic rings. The van der Waals surface area contributed by atoms with E-state index in [1.165, 1.54) is 6.92 Å². The van der Waals surface area contributed by atoms with E-state index in [1.54, 1.807) is 30.3 Å². The lowest BCUT2D eigenvalue weighted by atomic mass is 9.96. The summed E-state index contributed by atoms with van der Waals surface area (Å²) in [5.74, 6) is -1.61. The summed E-state index contributed by atoms with van der Waals surface area (Å²) in [5, 5.41) is 0. The molecule has 0 saturated carbocycles. The average Bonchev–Trinajstić information content (AvgIpc) is 2.87. The molecule has 0 N–H and O–H groups in total. The highest BCUT2D eigenvalue weighted by Crippen LogP contribution is 2.23. The van der Waals surface area contributed by atoms with Gasteiger partial charge in [0, 0.05) is 5.56 Å². The molecular formula is C16H19NO4. The molecule has 1 aromatic rings. The minimum atomic E-state index is -0.903. The third kappa shape index (κ3) is 2.96. The molecule has 1 saturated heterocycles. The molecule has 5 heteroatoms. The third-order valence-electron chi connectivity index (χ3n) is 3.73. The van der Waals surface area contributed by atoms with Crippen LogP contribution in [0.25, 0.3) is 0 Å². The quantitative estimate of drug-likeness (QED) is 0.631. The zero-order chi connectivity index (χ0) is 15.6. The molecule has 21 heavy (non-hydrogen) atoms. The number of amides is 2. The van der Waals surface area contributed by atoms with E-state index in [0.29, 0.717) is 5.56 Å². The highest BCUT2D eigenvalue weighted by atomic mass is 16.6. The van der Waals surface area contributed by atoms with Crippen LogP contribution in [0, 0.1) is 11.8 Å². The lowest BCUT2D eigenvalue weighted by Gasteiger charge is -2.24. The van der Waals surface area contributed by atoms with Crippen molar-refractivity contribution in [1.82, 2.24) is 4.90 Å². The highest BCUT2D eigenvalue weighted by Gasteiger charge is 2.42. The lowest BCUT2D eigenvalue weighted by molar-refractivity contribution is -0.132. The zero-order valence-corrected chi connectivity index (χ0v) is 12.4. The topological polar surface area (TPSA) is 63.7 Å². The fourth-order valence-corrected chi connectivity index (χ4v) is 2.35. The van der Waals surface area contributed by atoms with Crippen molar-refractivity contribution in [3.05, 3.63) is 35.9 Å². The van der Waals surface area contributed by atoms with Gasteiger partial charge in [0.1, 0.15) is 6.61 Å². The van der Waals surface area contributed by atoms with E-state index in [2.05, 4.69) is 0 Å². The summed E-state index contributed by atoms with van der Waals surface area (Å²) in [5.41, 5.74) is 0.465. The molecule has 0 radical (unpaired) electrons. The predicted octanol–water partition coefficient (Wildman–Crippen LogP) is 2.51. The number of Topliss-reactive ketones (excluding diaryl/α,β-unsaturated/α-hetero) is 1. The van der Waals surface area contributed by atoms with Gasteiger partial charge in [-0.3, -0.25) is 9.59 Å². The molecule has 2 rings (SSSR count). The average molecular weight is 289 g/mol. The number of cyclic esters (lactones) is 1. The van der Waals surface area contributed by atoms with Gasteiger partial charge in [-0.2, -0.15) is 0 Å². The molecule has 0 spiro atoms. The van der Waals surface area contributed by atoms with Crippen LogP contribution in [0.1, 0.15) is 31.1 Å². The van der Waals surface area contributed by atoms with Gasteiger partial charge in [0.25, 0.3) is 0 Å². The third-order valence-corrected chi connectivity index (χ3v) is 3.73. The Bertz CT molecular complexity index is 553. The first kappa shape index (κ1) is 15.2. The summed E-state index contributed by atoms with van der Waals surface area (Å²) in [6.45, 7) is 5.54. The van der Waals surface area contributed by atoms with Gasteiger partial charge < -0.3 is 4.74 Å². The van der Waals surface area contributed by atoms with E-state index in [4.69, 9.17) is 4.74 Å². The van der Waals surface area contributed by atoms with E-state index in [1.807, 2.05) is 13.8 Å². The van der Waals surface area contributed by atoms with Gasteiger partial charge in [-0.15, -0.1) is 0 Å². The number of hydrogen-bond acceptors (Lipinski definition) is 4. The summed E-state index contributed by atoms with van der Waals surface area (Å²) in [6.07, 6.45) is -0.661. The molecule has 5 nitrogen and oxygen atoms in total. The minimum absolute atomic E-state index is 0.0828. The van der Waals surface area contributed by atoms with Crippen LogP contribution in [0.4, 0.5) is 4.79 Å². The van der Waals surface area contributed by atoms with Crippen LogP contribution in [0.2, 0.25) is 0 Å². The first-order valence-corrected chi connectivity index (χ1v) is 7.02. The Kier molecular flexibility index (Phi) is 4.40. The molecule has 112 valence electrons. The van der Waals surface area contributed by atoms with Crippen molar-refractivity contribution in [3.8, 4) is 0 Å². The van der Waals surface area contributed by atoms with Crippen LogP contribution in [-0.2, 0) is 9.53 Å². The molecule has 0 aliphatic carbocycles. The maximum atomic E-state index is 12.5. The Hall–Kier alpha value is -2.17. The Morgan fingerprint density at radius 2 is 1.81 bits per heavy atom.